The molecule has 0 aliphatic carbocycles. The quantitative estimate of drug-likeness (QED) is 0.631. The summed E-state index contributed by atoms with van der Waals surface area (Å²) in [6, 6.07) is 4.99. The third-order valence-corrected chi connectivity index (χ3v) is 4.01. The van der Waals surface area contributed by atoms with Crippen molar-refractivity contribution in [2.45, 2.75) is 65.5 Å². The fourth-order valence-electron chi connectivity index (χ4n) is 2.58. The van der Waals surface area contributed by atoms with Gasteiger partial charge in [0, 0.05) is 18.2 Å². The number of halogens is 1. The van der Waals surface area contributed by atoms with Gasteiger partial charge in [0.1, 0.15) is 5.60 Å². The van der Waals surface area contributed by atoms with Crippen molar-refractivity contribution in [1.82, 2.24) is 0 Å². The van der Waals surface area contributed by atoms with Gasteiger partial charge in [-0.3, -0.25) is 4.79 Å². The molecule has 1 aromatic rings. The topological polar surface area (TPSA) is 75.6 Å². The van der Waals surface area contributed by atoms with Crippen LogP contribution >= 0.6 is 11.6 Å². The van der Waals surface area contributed by atoms with E-state index in [9.17, 15) is 9.59 Å². The van der Waals surface area contributed by atoms with E-state index in [1.165, 1.54) is 6.07 Å². The number of aromatic carboxylic acids is 1. The Morgan fingerprint density at radius 3 is 2.48 bits per heavy atom. The first-order chi connectivity index (χ1) is 11.5. The third-order valence-electron chi connectivity index (χ3n) is 3.68. The molecule has 0 aliphatic rings. The van der Waals surface area contributed by atoms with E-state index < -0.39 is 11.6 Å². The van der Waals surface area contributed by atoms with Crippen LogP contribution in [0.25, 0.3) is 0 Å². The standard InChI is InChI=1S/C19H28ClNO4/c1-6-13(9-12(2)10-17(22)25-19(3,4)5)21-14-7-8-16(20)15(11-14)18(23)24/h7-8,11-13,21H,6,9-10H2,1-5H3,(H,23,24)/t12-,13?/m0/s1. The van der Waals surface area contributed by atoms with Crippen molar-refractivity contribution in [3.8, 4) is 0 Å². The lowest BCUT2D eigenvalue weighted by Gasteiger charge is -2.24. The Bertz CT molecular complexity index is 610. The second-order valence-electron chi connectivity index (χ2n) is 7.38. The minimum atomic E-state index is -1.06. The van der Waals surface area contributed by atoms with E-state index in [0.29, 0.717) is 12.1 Å². The highest BCUT2D eigenvalue weighted by Crippen LogP contribution is 2.23. The van der Waals surface area contributed by atoms with Gasteiger partial charge in [-0.2, -0.15) is 0 Å². The Morgan fingerprint density at radius 1 is 1.32 bits per heavy atom. The van der Waals surface area contributed by atoms with E-state index in [4.69, 9.17) is 21.4 Å². The van der Waals surface area contributed by atoms with Gasteiger partial charge in [0.15, 0.2) is 0 Å². The number of ether oxygens (including phenoxy) is 1. The number of carboxylic acids is 1. The summed E-state index contributed by atoms with van der Waals surface area (Å²) >= 11 is 5.90. The van der Waals surface area contributed by atoms with Gasteiger partial charge in [-0.15, -0.1) is 0 Å². The zero-order chi connectivity index (χ0) is 19.2. The Labute approximate surface area is 154 Å². The zero-order valence-electron chi connectivity index (χ0n) is 15.6. The fourth-order valence-corrected chi connectivity index (χ4v) is 2.78. The Balaban J connectivity index is 2.66. The third kappa shape index (κ3) is 7.78. The molecule has 25 heavy (non-hydrogen) atoms. The lowest BCUT2D eigenvalue weighted by Crippen LogP contribution is -2.27. The molecule has 0 saturated carbocycles. The van der Waals surface area contributed by atoms with Crippen molar-refractivity contribution in [1.29, 1.82) is 0 Å². The lowest BCUT2D eigenvalue weighted by molar-refractivity contribution is -0.155. The van der Waals surface area contributed by atoms with E-state index in [1.54, 1.807) is 12.1 Å². The second kappa shape index (κ2) is 9.09. The van der Waals surface area contributed by atoms with Gasteiger partial charge in [0.05, 0.1) is 10.6 Å². The van der Waals surface area contributed by atoms with Crippen molar-refractivity contribution in [2.24, 2.45) is 5.92 Å². The van der Waals surface area contributed by atoms with E-state index in [0.717, 1.165) is 12.8 Å². The van der Waals surface area contributed by atoms with Gasteiger partial charge in [-0.25, -0.2) is 4.79 Å². The van der Waals surface area contributed by atoms with Crippen LogP contribution < -0.4 is 5.32 Å². The number of anilines is 1. The maximum Gasteiger partial charge on any atom is 0.337 e. The van der Waals surface area contributed by atoms with Crippen LogP contribution in [0.2, 0.25) is 5.02 Å². The highest BCUT2D eigenvalue weighted by Gasteiger charge is 2.20. The molecule has 0 aromatic heterocycles. The number of carboxylic acid groups (broad SMARTS) is 1. The van der Waals surface area contributed by atoms with Crippen molar-refractivity contribution in [2.75, 3.05) is 5.32 Å². The summed E-state index contributed by atoms with van der Waals surface area (Å²) in [5, 5.41) is 12.7. The number of carbonyl (C=O) groups excluding carboxylic acids is 1. The first kappa shape index (κ1) is 21.3. The number of esters is 1. The van der Waals surface area contributed by atoms with E-state index in [2.05, 4.69) is 5.32 Å². The predicted octanol–water partition coefficient (Wildman–Crippen LogP) is 4.99. The zero-order valence-corrected chi connectivity index (χ0v) is 16.3. The highest BCUT2D eigenvalue weighted by molar-refractivity contribution is 6.33. The Kier molecular flexibility index (Phi) is 7.74. The molecular formula is C19H28ClNO4. The Hall–Kier alpha value is -1.75. The van der Waals surface area contributed by atoms with Crippen molar-refractivity contribution in [3.63, 3.8) is 0 Å². The number of hydrogen-bond acceptors (Lipinski definition) is 4. The first-order valence-electron chi connectivity index (χ1n) is 8.53. The summed E-state index contributed by atoms with van der Waals surface area (Å²) in [5.41, 5.74) is 0.303. The largest absolute Gasteiger partial charge is 0.478 e. The molecule has 1 rings (SSSR count). The summed E-state index contributed by atoms with van der Waals surface area (Å²) in [5.74, 6) is -1.10. The van der Waals surface area contributed by atoms with E-state index in [1.807, 2.05) is 34.6 Å². The van der Waals surface area contributed by atoms with Gasteiger partial charge in [0.2, 0.25) is 0 Å². The normalized spacial score (nSPS) is 13.8. The minimum absolute atomic E-state index is 0.0725. The van der Waals surface area contributed by atoms with Gasteiger partial charge in [-0.1, -0.05) is 25.4 Å². The van der Waals surface area contributed by atoms with Gasteiger partial charge >= 0.3 is 11.9 Å². The molecule has 0 saturated heterocycles. The average Bonchev–Trinajstić information content (AvgIpc) is 2.45. The van der Waals surface area contributed by atoms with Crippen molar-refractivity contribution < 1.29 is 19.4 Å². The van der Waals surface area contributed by atoms with Crippen LogP contribution in [-0.2, 0) is 9.53 Å². The molecule has 2 atom stereocenters. The summed E-state index contributed by atoms with van der Waals surface area (Å²) in [4.78, 5) is 23.1. The monoisotopic (exact) mass is 369 g/mol. The smallest absolute Gasteiger partial charge is 0.337 e. The number of carbonyl (C=O) groups is 2. The molecule has 1 aromatic carbocycles. The van der Waals surface area contributed by atoms with Crippen LogP contribution in [0.3, 0.4) is 0 Å². The minimum Gasteiger partial charge on any atom is -0.478 e. The summed E-state index contributed by atoms with van der Waals surface area (Å²) in [7, 11) is 0. The van der Waals surface area contributed by atoms with Gasteiger partial charge in [0.25, 0.3) is 0 Å². The van der Waals surface area contributed by atoms with Crippen molar-refractivity contribution in [3.05, 3.63) is 28.8 Å². The van der Waals surface area contributed by atoms with Crippen LogP contribution in [0.15, 0.2) is 18.2 Å². The lowest BCUT2D eigenvalue weighted by atomic mass is 9.96. The summed E-state index contributed by atoms with van der Waals surface area (Å²) < 4.78 is 5.36. The molecule has 0 spiro atoms. The molecule has 5 nitrogen and oxygen atoms in total. The maximum absolute atomic E-state index is 11.9. The molecule has 0 fully saturated rings. The Morgan fingerprint density at radius 2 is 1.96 bits per heavy atom. The molecule has 0 radical (unpaired) electrons. The van der Waals surface area contributed by atoms with Crippen LogP contribution in [-0.4, -0.2) is 28.7 Å². The number of nitrogens with one attached hydrogen (secondary N) is 1. The van der Waals surface area contributed by atoms with E-state index in [-0.39, 0.29) is 28.5 Å². The number of benzene rings is 1. The predicted molar refractivity (Wildman–Crippen MR) is 100 cm³/mol. The van der Waals surface area contributed by atoms with Crippen LogP contribution in [0.4, 0.5) is 5.69 Å². The molecular weight excluding hydrogens is 342 g/mol. The molecule has 0 bridgehead atoms. The molecule has 140 valence electrons. The summed E-state index contributed by atoms with van der Waals surface area (Å²) in [6.07, 6.45) is 1.99. The highest BCUT2D eigenvalue weighted by atomic mass is 35.5. The first-order valence-corrected chi connectivity index (χ1v) is 8.90. The molecule has 6 heteroatoms. The van der Waals surface area contributed by atoms with Crippen molar-refractivity contribution >= 4 is 29.2 Å². The van der Waals surface area contributed by atoms with Crippen LogP contribution in [0, 0.1) is 5.92 Å². The van der Waals surface area contributed by atoms with Gasteiger partial charge < -0.3 is 15.2 Å². The average molecular weight is 370 g/mol. The maximum atomic E-state index is 11.9. The molecule has 0 heterocycles. The second-order valence-corrected chi connectivity index (χ2v) is 7.79. The van der Waals surface area contributed by atoms with Crippen LogP contribution in [0.1, 0.15) is 64.2 Å². The molecule has 1 unspecified atom stereocenters. The summed E-state index contributed by atoms with van der Waals surface area (Å²) in [6.45, 7) is 9.62. The molecule has 0 aliphatic heterocycles. The number of hydrogen-bond donors (Lipinski definition) is 2. The van der Waals surface area contributed by atoms with Gasteiger partial charge in [-0.05, 0) is 57.7 Å². The SMILES string of the molecule is CCC(C[C@H](C)CC(=O)OC(C)(C)C)Nc1ccc(Cl)c(C(=O)O)c1. The number of rotatable bonds is 8. The van der Waals surface area contributed by atoms with E-state index >= 15 is 0 Å². The molecule has 2 N–H and O–H groups in total. The van der Waals surface area contributed by atoms with Crippen LogP contribution in [0.5, 0.6) is 0 Å². The molecule has 0 amide bonds. The fraction of sp³-hybridized carbons (Fsp3) is 0.579.